The molecule has 120 valence electrons. The van der Waals surface area contributed by atoms with E-state index in [1.165, 1.54) is 37.7 Å². The lowest BCUT2D eigenvalue weighted by atomic mass is 9.84. The maximum absolute atomic E-state index is 12.5. The van der Waals surface area contributed by atoms with Crippen molar-refractivity contribution in [3.8, 4) is 0 Å². The van der Waals surface area contributed by atoms with Gasteiger partial charge in [0, 0.05) is 31.5 Å². The van der Waals surface area contributed by atoms with Gasteiger partial charge in [-0.1, -0.05) is 31.4 Å². The summed E-state index contributed by atoms with van der Waals surface area (Å²) in [5.41, 5.74) is 3.24. The Hall–Kier alpha value is -2.16. The third-order valence-electron chi connectivity index (χ3n) is 4.75. The van der Waals surface area contributed by atoms with Gasteiger partial charge in [0.05, 0.1) is 0 Å². The Labute approximate surface area is 138 Å². The maximum Gasteiger partial charge on any atom is 0.253 e. The molecule has 1 fully saturated rings. The molecule has 3 nitrogen and oxygen atoms in total. The predicted molar refractivity (Wildman–Crippen MR) is 92.3 cm³/mol. The van der Waals surface area contributed by atoms with Crippen LogP contribution in [0.25, 0.3) is 0 Å². The van der Waals surface area contributed by atoms with Crippen LogP contribution in [0.4, 0.5) is 0 Å². The van der Waals surface area contributed by atoms with Gasteiger partial charge in [-0.3, -0.25) is 9.78 Å². The summed E-state index contributed by atoms with van der Waals surface area (Å²) in [7, 11) is 1.85. The minimum absolute atomic E-state index is 0.0667. The summed E-state index contributed by atoms with van der Waals surface area (Å²) < 4.78 is 0. The number of rotatable bonds is 4. The maximum atomic E-state index is 12.5. The first-order valence-electron chi connectivity index (χ1n) is 8.48. The average Bonchev–Trinajstić information content (AvgIpc) is 2.63. The number of benzene rings is 1. The zero-order chi connectivity index (χ0) is 16.1. The van der Waals surface area contributed by atoms with Gasteiger partial charge in [0.1, 0.15) is 0 Å². The summed E-state index contributed by atoms with van der Waals surface area (Å²) in [6.07, 6.45) is 10.1. The van der Waals surface area contributed by atoms with Gasteiger partial charge >= 0.3 is 0 Å². The van der Waals surface area contributed by atoms with Crippen LogP contribution in [0.5, 0.6) is 0 Å². The Morgan fingerprint density at radius 2 is 1.70 bits per heavy atom. The highest BCUT2D eigenvalue weighted by Gasteiger charge is 2.17. The highest BCUT2D eigenvalue weighted by Crippen LogP contribution is 2.32. The van der Waals surface area contributed by atoms with E-state index in [0.717, 1.165) is 11.1 Å². The van der Waals surface area contributed by atoms with Gasteiger partial charge in [-0.05, 0) is 54.2 Å². The number of carbonyl (C=O) groups is 1. The molecule has 23 heavy (non-hydrogen) atoms. The Morgan fingerprint density at radius 1 is 1.04 bits per heavy atom. The Balaban J connectivity index is 1.65. The summed E-state index contributed by atoms with van der Waals surface area (Å²) >= 11 is 0. The molecule has 1 aromatic carbocycles. The van der Waals surface area contributed by atoms with Crippen molar-refractivity contribution in [1.29, 1.82) is 0 Å². The van der Waals surface area contributed by atoms with Crippen molar-refractivity contribution < 1.29 is 4.79 Å². The average molecular weight is 308 g/mol. The molecule has 1 aliphatic rings. The van der Waals surface area contributed by atoms with E-state index in [-0.39, 0.29) is 5.91 Å². The van der Waals surface area contributed by atoms with Gasteiger partial charge in [0.15, 0.2) is 0 Å². The van der Waals surface area contributed by atoms with Gasteiger partial charge in [-0.2, -0.15) is 0 Å². The molecule has 0 saturated heterocycles. The monoisotopic (exact) mass is 308 g/mol. The SMILES string of the molecule is CN(Cc1ccncc1)C(=O)c1ccc(C2CCCCC2)cc1. The van der Waals surface area contributed by atoms with Crippen LogP contribution in [0.2, 0.25) is 0 Å². The van der Waals surface area contributed by atoms with Gasteiger partial charge in [0.25, 0.3) is 5.91 Å². The normalized spacial score (nSPS) is 15.3. The summed E-state index contributed by atoms with van der Waals surface area (Å²) in [4.78, 5) is 18.3. The van der Waals surface area contributed by atoms with Crippen molar-refractivity contribution in [3.63, 3.8) is 0 Å². The molecule has 2 aromatic rings. The van der Waals surface area contributed by atoms with E-state index in [0.29, 0.717) is 12.5 Å². The van der Waals surface area contributed by atoms with Gasteiger partial charge in [-0.25, -0.2) is 0 Å². The second-order valence-corrected chi connectivity index (χ2v) is 6.47. The molecule has 3 heteroatoms. The van der Waals surface area contributed by atoms with Gasteiger partial charge < -0.3 is 4.90 Å². The van der Waals surface area contributed by atoms with E-state index >= 15 is 0 Å². The zero-order valence-electron chi connectivity index (χ0n) is 13.7. The summed E-state index contributed by atoms with van der Waals surface area (Å²) in [5, 5.41) is 0. The van der Waals surface area contributed by atoms with Crippen LogP contribution in [0, 0.1) is 0 Å². The highest BCUT2D eigenvalue weighted by atomic mass is 16.2. The number of carbonyl (C=O) groups excluding carboxylic acids is 1. The number of nitrogens with zero attached hydrogens (tertiary/aromatic N) is 2. The first-order valence-corrected chi connectivity index (χ1v) is 8.48. The fourth-order valence-electron chi connectivity index (χ4n) is 3.39. The topological polar surface area (TPSA) is 33.2 Å². The molecule has 0 radical (unpaired) electrons. The van der Waals surface area contributed by atoms with Crippen molar-refractivity contribution in [3.05, 3.63) is 65.5 Å². The molecule has 1 amide bonds. The number of pyridine rings is 1. The molecule has 0 spiro atoms. The van der Waals surface area contributed by atoms with E-state index in [1.807, 2.05) is 31.3 Å². The lowest BCUT2D eigenvalue weighted by Gasteiger charge is -2.22. The molecule has 1 aliphatic carbocycles. The summed E-state index contributed by atoms with van der Waals surface area (Å²) in [6.45, 7) is 0.603. The van der Waals surface area contributed by atoms with Crippen LogP contribution in [-0.2, 0) is 6.54 Å². The summed E-state index contributed by atoms with van der Waals surface area (Å²) in [5.74, 6) is 0.749. The van der Waals surface area contributed by atoms with Crippen molar-refractivity contribution in [1.82, 2.24) is 9.88 Å². The second kappa shape index (κ2) is 7.40. The van der Waals surface area contributed by atoms with Crippen LogP contribution in [0.3, 0.4) is 0 Å². The molecule has 0 bridgehead atoms. The highest BCUT2D eigenvalue weighted by molar-refractivity contribution is 5.94. The standard InChI is InChI=1S/C20H24N2O/c1-22(15-16-11-13-21-14-12-16)20(23)19-9-7-18(8-10-19)17-5-3-2-4-6-17/h7-14,17H,2-6,15H2,1H3. The lowest BCUT2D eigenvalue weighted by molar-refractivity contribution is 0.0785. The quantitative estimate of drug-likeness (QED) is 0.838. The first kappa shape index (κ1) is 15.7. The third-order valence-corrected chi connectivity index (χ3v) is 4.75. The number of amides is 1. The van der Waals surface area contributed by atoms with Crippen LogP contribution in [0.15, 0.2) is 48.8 Å². The fourth-order valence-corrected chi connectivity index (χ4v) is 3.39. The fraction of sp³-hybridized carbons (Fsp3) is 0.400. The molecular weight excluding hydrogens is 284 g/mol. The van der Waals surface area contributed by atoms with E-state index in [1.54, 1.807) is 17.3 Å². The first-order chi connectivity index (χ1) is 11.2. The van der Waals surface area contributed by atoms with Crippen LogP contribution in [0.1, 0.15) is 59.5 Å². The Bertz CT molecular complexity index is 630. The Kier molecular flexibility index (Phi) is 5.06. The molecule has 1 aromatic heterocycles. The van der Waals surface area contributed by atoms with Crippen molar-refractivity contribution in [2.24, 2.45) is 0 Å². The van der Waals surface area contributed by atoms with E-state index in [2.05, 4.69) is 17.1 Å². The minimum atomic E-state index is 0.0667. The minimum Gasteiger partial charge on any atom is -0.337 e. The van der Waals surface area contributed by atoms with Crippen molar-refractivity contribution >= 4 is 5.91 Å². The van der Waals surface area contributed by atoms with E-state index in [4.69, 9.17) is 0 Å². The smallest absolute Gasteiger partial charge is 0.253 e. The number of hydrogen-bond donors (Lipinski definition) is 0. The molecule has 0 atom stereocenters. The summed E-state index contributed by atoms with van der Waals surface area (Å²) in [6, 6.07) is 12.1. The molecule has 1 heterocycles. The molecule has 0 aliphatic heterocycles. The van der Waals surface area contributed by atoms with Crippen LogP contribution >= 0.6 is 0 Å². The predicted octanol–water partition coefficient (Wildman–Crippen LogP) is 4.40. The third kappa shape index (κ3) is 3.98. The van der Waals surface area contributed by atoms with Gasteiger partial charge in [-0.15, -0.1) is 0 Å². The molecule has 3 rings (SSSR count). The number of hydrogen-bond acceptors (Lipinski definition) is 2. The van der Waals surface area contributed by atoms with Crippen molar-refractivity contribution in [2.45, 2.75) is 44.6 Å². The van der Waals surface area contributed by atoms with Crippen LogP contribution < -0.4 is 0 Å². The van der Waals surface area contributed by atoms with Gasteiger partial charge in [0.2, 0.25) is 0 Å². The number of aromatic nitrogens is 1. The molecular formula is C20H24N2O. The largest absolute Gasteiger partial charge is 0.337 e. The second-order valence-electron chi connectivity index (χ2n) is 6.47. The van der Waals surface area contributed by atoms with Crippen LogP contribution in [-0.4, -0.2) is 22.8 Å². The molecule has 0 unspecified atom stereocenters. The molecule has 1 saturated carbocycles. The van der Waals surface area contributed by atoms with Crippen molar-refractivity contribution in [2.75, 3.05) is 7.05 Å². The Morgan fingerprint density at radius 3 is 2.35 bits per heavy atom. The van der Waals surface area contributed by atoms with E-state index < -0.39 is 0 Å². The molecule has 0 N–H and O–H groups in total. The zero-order valence-corrected chi connectivity index (χ0v) is 13.7. The van der Waals surface area contributed by atoms with E-state index in [9.17, 15) is 4.79 Å². The lowest BCUT2D eigenvalue weighted by Crippen LogP contribution is -2.26.